The zero-order chi connectivity index (χ0) is 15.0. The van der Waals surface area contributed by atoms with Crippen molar-refractivity contribution in [3.05, 3.63) is 34.9 Å². The molecule has 1 aromatic carbocycles. The number of carbonyl (C=O) groups excluding carboxylic acids is 2. The molecule has 112 valence electrons. The van der Waals surface area contributed by atoms with Gasteiger partial charge in [-0.2, -0.15) is 0 Å². The minimum atomic E-state index is -0.205. The first-order chi connectivity index (χ1) is 10.0. The van der Waals surface area contributed by atoms with Gasteiger partial charge in [0.05, 0.1) is 6.04 Å². The van der Waals surface area contributed by atoms with Gasteiger partial charge in [-0.05, 0) is 42.9 Å². The lowest BCUT2D eigenvalue weighted by Crippen LogP contribution is -2.56. The predicted octanol–water partition coefficient (Wildman–Crippen LogP) is 2.32. The zero-order valence-corrected chi connectivity index (χ0v) is 12.8. The third-order valence-corrected chi connectivity index (χ3v) is 4.82. The Kier molecular flexibility index (Phi) is 4.00. The number of carbonyl (C=O) groups is 2. The first kappa shape index (κ1) is 14.5. The second-order valence-electron chi connectivity index (χ2n) is 5.97. The van der Waals surface area contributed by atoms with E-state index in [1.165, 1.54) is 10.5 Å². The number of likely N-dealkylation sites (N-methyl/N-ethyl adjacent to an activating group) is 1. The average Bonchev–Trinajstić information content (AvgIpc) is 2.43. The first-order valence-electron chi connectivity index (χ1n) is 7.36. The Morgan fingerprint density at radius 2 is 1.86 bits per heavy atom. The van der Waals surface area contributed by atoms with Crippen LogP contribution in [0, 0.1) is 0 Å². The van der Waals surface area contributed by atoms with E-state index in [2.05, 4.69) is 17.4 Å². The summed E-state index contributed by atoms with van der Waals surface area (Å²) in [5.41, 5.74) is 1.31. The van der Waals surface area contributed by atoms with Gasteiger partial charge in [0, 0.05) is 24.5 Å². The molecule has 21 heavy (non-hydrogen) atoms. The standard InChI is InChI=1S/C16H19ClN2O2/c1-19-15(20)7-6-14(16(19)21)18-13-8-11(9-13)10-2-4-12(17)5-3-10/h2-5,11,13-14,18H,6-9H2,1H3. The molecule has 3 rings (SSSR count). The van der Waals surface area contributed by atoms with Crippen molar-refractivity contribution in [2.75, 3.05) is 7.05 Å². The highest BCUT2D eigenvalue weighted by Crippen LogP contribution is 2.37. The van der Waals surface area contributed by atoms with Gasteiger partial charge in [0.1, 0.15) is 0 Å². The van der Waals surface area contributed by atoms with Gasteiger partial charge in [-0.15, -0.1) is 0 Å². The third kappa shape index (κ3) is 2.97. The van der Waals surface area contributed by atoms with Crippen LogP contribution in [0.4, 0.5) is 0 Å². The summed E-state index contributed by atoms with van der Waals surface area (Å²) >= 11 is 5.89. The normalized spacial score (nSPS) is 29.4. The molecule has 1 unspecified atom stereocenters. The van der Waals surface area contributed by atoms with Crippen LogP contribution in [0.15, 0.2) is 24.3 Å². The van der Waals surface area contributed by atoms with Gasteiger partial charge in [-0.3, -0.25) is 14.5 Å². The number of nitrogens with one attached hydrogen (secondary N) is 1. The summed E-state index contributed by atoms with van der Waals surface area (Å²) in [4.78, 5) is 24.7. The van der Waals surface area contributed by atoms with E-state index in [0.717, 1.165) is 17.9 Å². The molecule has 2 fully saturated rings. The first-order valence-corrected chi connectivity index (χ1v) is 7.74. The molecule has 0 bridgehead atoms. The number of nitrogens with zero attached hydrogens (tertiary/aromatic N) is 1. The van der Waals surface area contributed by atoms with E-state index in [1.807, 2.05) is 12.1 Å². The van der Waals surface area contributed by atoms with Crippen molar-refractivity contribution in [3.63, 3.8) is 0 Å². The predicted molar refractivity (Wildman–Crippen MR) is 81.1 cm³/mol. The molecule has 0 spiro atoms. The molecule has 1 aliphatic carbocycles. The molecule has 1 saturated heterocycles. The Balaban J connectivity index is 1.52. The summed E-state index contributed by atoms with van der Waals surface area (Å²) < 4.78 is 0. The van der Waals surface area contributed by atoms with Crippen molar-refractivity contribution >= 4 is 23.4 Å². The molecule has 1 heterocycles. The number of hydrogen-bond acceptors (Lipinski definition) is 3. The number of imide groups is 1. The van der Waals surface area contributed by atoms with Crippen molar-refractivity contribution in [1.82, 2.24) is 10.2 Å². The van der Waals surface area contributed by atoms with Crippen LogP contribution in [-0.4, -0.2) is 35.8 Å². The van der Waals surface area contributed by atoms with E-state index < -0.39 is 0 Å². The second-order valence-corrected chi connectivity index (χ2v) is 6.40. The fraction of sp³-hybridized carbons (Fsp3) is 0.500. The van der Waals surface area contributed by atoms with Crippen LogP contribution in [-0.2, 0) is 9.59 Å². The van der Waals surface area contributed by atoms with Crippen LogP contribution in [0.3, 0.4) is 0 Å². The lowest BCUT2D eigenvalue weighted by molar-refractivity contribution is -0.148. The van der Waals surface area contributed by atoms with Gasteiger partial charge in [0.2, 0.25) is 11.8 Å². The minimum Gasteiger partial charge on any atom is -0.303 e. The number of likely N-dealkylation sites (tertiary alicyclic amines) is 1. The molecule has 5 heteroatoms. The van der Waals surface area contributed by atoms with E-state index in [9.17, 15) is 9.59 Å². The summed E-state index contributed by atoms with van der Waals surface area (Å²) in [6, 6.07) is 8.14. The molecule has 0 aromatic heterocycles. The quantitative estimate of drug-likeness (QED) is 0.872. The Hall–Kier alpha value is -1.39. The molecule has 1 N–H and O–H groups in total. The van der Waals surface area contributed by atoms with Gasteiger partial charge in [-0.1, -0.05) is 23.7 Å². The maximum Gasteiger partial charge on any atom is 0.246 e. The summed E-state index contributed by atoms with van der Waals surface area (Å²) in [6.45, 7) is 0. The Morgan fingerprint density at radius 3 is 2.52 bits per heavy atom. The molecule has 2 amide bonds. The number of halogens is 1. The highest BCUT2D eigenvalue weighted by atomic mass is 35.5. The molecule has 1 saturated carbocycles. The lowest BCUT2D eigenvalue weighted by atomic mass is 9.75. The minimum absolute atomic E-state index is 0.0781. The number of amides is 2. The molecular formula is C16H19ClN2O2. The van der Waals surface area contributed by atoms with Gasteiger partial charge in [0.15, 0.2) is 0 Å². The van der Waals surface area contributed by atoms with Crippen molar-refractivity contribution in [2.24, 2.45) is 0 Å². The lowest BCUT2D eigenvalue weighted by Gasteiger charge is -2.40. The van der Waals surface area contributed by atoms with E-state index in [-0.39, 0.29) is 17.9 Å². The zero-order valence-electron chi connectivity index (χ0n) is 12.0. The number of benzene rings is 1. The van der Waals surface area contributed by atoms with Crippen molar-refractivity contribution in [1.29, 1.82) is 0 Å². The Labute approximate surface area is 129 Å². The summed E-state index contributed by atoms with van der Waals surface area (Å²) in [6.07, 6.45) is 3.13. The fourth-order valence-corrected chi connectivity index (χ4v) is 3.24. The fourth-order valence-electron chi connectivity index (χ4n) is 3.12. The van der Waals surface area contributed by atoms with Crippen LogP contribution in [0.25, 0.3) is 0 Å². The van der Waals surface area contributed by atoms with E-state index in [4.69, 9.17) is 11.6 Å². The van der Waals surface area contributed by atoms with Crippen LogP contribution < -0.4 is 5.32 Å². The van der Waals surface area contributed by atoms with Gasteiger partial charge in [-0.25, -0.2) is 0 Å². The van der Waals surface area contributed by atoms with E-state index in [1.54, 1.807) is 7.05 Å². The third-order valence-electron chi connectivity index (χ3n) is 4.57. The number of rotatable bonds is 3. The summed E-state index contributed by atoms with van der Waals surface area (Å²) in [5, 5.41) is 4.16. The molecular weight excluding hydrogens is 288 g/mol. The maximum absolute atomic E-state index is 12.0. The second kappa shape index (κ2) is 5.78. The smallest absolute Gasteiger partial charge is 0.246 e. The molecule has 4 nitrogen and oxygen atoms in total. The molecule has 0 radical (unpaired) electrons. The molecule has 1 aliphatic heterocycles. The Morgan fingerprint density at radius 1 is 1.19 bits per heavy atom. The summed E-state index contributed by atoms with van der Waals surface area (Å²) in [7, 11) is 1.57. The number of piperidine rings is 1. The van der Waals surface area contributed by atoms with Crippen LogP contribution >= 0.6 is 11.6 Å². The monoisotopic (exact) mass is 306 g/mol. The van der Waals surface area contributed by atoms with Gasteiger partial charge >= 0.3 is 0 Å². The number of hydrogen-bond donors (Lipinski definition) is 1. The van der Waals surface area contributed by atoms with Crippen LogP contribution in [0.2, 0.25) is 5.02 Å². The van der Waals surface area contributed by atoms with E-state index >= 15 is 0 Å². The molecule has 1 atom stereocenters. The van der Waals surface area contributed by atoms with Crippen molar-refractivity contribution < 1.29 is 9.59 Å². The average molecular weight is 307 g/mol. The maximum atomic E-state index is 12.0. The van der Waals surface area contributed by atoms with Gasteiger partial charge < -0.3 is 5.32 Å². The van der Waals surface area contributed by atoms with Crippen molar-refractivity contribution in [2.45, 2.75) is 43.7 Å². The highest BCUT2D eigenvalue weighted by molar-refractivity contribution is 6.30. The SMILES string of the molecule is CN1C(=O)CCC(NC2CC(c3ccc(Cl)cc3)C2)C1=O. The topological polar surface area (TPSA) is 49.4 Å². The summed E-state index contributed by atoms with van der Waals surface area (Å²) in [5.74, 6) is 0.365. The van der Waals surface area contributed by atoms with Crippen LogP contribution in [0.5, 0.6) is 0 Å². The molecule has 1 aromatic rings. The highest BCUT2D eigenvalue weighted by Gasteiger charge is 2.37. The van der Waals surface area contributed by atoms with Gasteiger partial charge in [0.25, 0.3) is 0 Å². The van der Waals surface area contributed by atoms with Crippen LogP contribution in [0.1, 0.15) is 37.2 Å². The van der Waals surface area contributed by atoms with Crippen molar-refractivity contribution in [3.8, 4) is 0 Å². The Bertz CT molecular complexity index is 552. The molecule has 2 aliphatic rings. The largest absolute Gasteiger partial charge is 0.303 e. The van der Waals surface area contributed by atoms with E-state index in [0.29, 0.717) is 24.8 Å².